The number of fused-ring (bicyclic) bond motifs is 5. The van der Waals surface area contributed by atoms with Gasteiger partial charge in [0, 0.05) is 12.5 Å². The zero-order valence-corrected chi connectivity index (χ0v) is 12.7. The number of rotatable bonds is 0. The Labute approximate surface area is 126 Å². The molecule has 2 aromatic rings. The molecule has 0 spiro atoms. The van der Waals surface area contributed by atoms with Crippen LogP contribution in [0.2, 0.25) is 0 Å². The predicted molar refractivity (Wildman–Crippen MR) is 85.3 cm³/mol. The minimum atomic E-state index is 0.531. The second-order valence-electron chi connectivity index (χ2n) is 6.45. The van der Waals surface area contributed by atoms with E-state index in [4.69, 9.17) is 4.74 Å². The van der Waals surface area contributed by atoms with Crippen LogP contribution < -0.4 is 4.74 Å². The molecule has 2 heteroatoms. The maximum atomic E-state index is 6.27. The Morgan fingerprint density at radius 1 is 1.00 bits per heavy atom. The van der Waals surface area contributed by atoms with E-state index in [2.05, 4.69) is 61.3 Å². The van der Waals surface area contributed by atoms with E-state index in [9.17, 15) is 0 Å². The van der Waals surface area contributed by atoms with Gasteiger partial charge in [0.15, 0.2) is 0 Å². The summed E-state index contributed by atoms with van der Waals surface area (Å²) in [6, 6.07) is 15.2. The molecule has 0 saturated carbocycles. The molecule has 108 valence electrons. The zero-order valence-electron chi connectivity index (χ0n) is 12.7. The number of likely N-dealkylation sites (N-methyl/N-ethyl adjacent to an activating group) is 1. The van der Waals surface area contributed by atoms with E-state index in [1.165, 1.54) is 23.1 Å². The van der Waals surface area contributed by atoms with E-state index in [-0.39, 0.29) is 0 Å². The Morgan fingerprint density at radius 2 is 1.81 bits per heavy atom. The molecule has 0 bridgehead atoms. The molecule has 4 rings (SSSR count). The number of hydrogen-bond donors (Lipinski definition) is 0. The summed E-state index contributed by atoms with van der Waals surface area (Å²) in [7, 11) is 2.22. The molecule has 1 saturated heterocycles. The van der Waals surface area contributed by atoms with Gasteiger partial charge < -0.3 is 9.64 Å². The van der Waals surface area contributed by atoms with E-state index in [0.717, 1.165) is 24.6 Å². The summed E-state index contributed by atoms with van der Waals surface area (Å²) in [4.78, 5) is 2.44. The molecule has 2 heterocycles. The van der Waals surface area contributed by atoms with Gasteiger partial charge in [-0.05, 0) is 56.1 Å². The standard InChI is InChI=1S/C19H21NO/c1-13-7-8-19-16(11-13)14-9-10-20(2)12-17(14)15-5-3-4-6-18(15)21-19/h3-8,11,14,17H,9-10,12H2,1-2H3/t14-,17-/m0/s1. The molecule has 0 aliphatic carbocycles. The van der Waals surface area contributed by atoms with Crippen molar-refractivity contribution >= 4 is 0 Å². The average Bonchev–Trinajstić information content (AvgIpc) is 2.62. The van der Waals surface area contributed by atoms with Crippen LogP contribution in [0.4, 0.5) is 0 Å². The van der Waals surface area contributed by atoms with Gasteiger partial charge in [0.2, 0.25) is 0 Å². The second-order valence-corrected chi connectivity index (χ2v) is 6.45. The number of para-hydroxylation sites is 1. The summed E-state index contributed by atoms with van der Waals surface area (Å²) in [6.45, 7) is 4.44. The fourth-order valence-electron chi connectivity index (χ4n) is 3.85. The highest BCUT2D eigenvalue weighted by Gasteiger charge is 2.35. The number of benzene rings is 2. The molecule has 0 amide bonds. The first kappa shape index (κ1) is 12.9. The van der Waals surface area contributed by atoms with E-state index in [0.29, 0.717) is 11.8 Å². The Morgan fingerprint density at radius 3 is 2.71 bits per heavy atom. The SMILES string of the molecule is Cc1ccc2c(c1)[C@@H]1CCN(C)C[C@@H]1c1ccccc1O2. The molecule has 2 aliphatic rings. The smallest absolute Gasteiger partial charge is 0.130 e. The molecule has 2 aromatic carbocycles. The minimum Gasteiger partial charge on any atom is -0.457 e. The summed E-state index contributed by atoms with van der Waals surface area (Å²) < 4.78 is 6.27. The van der Waals surface area contributed by atoms with Crippen molar-refractivity contribution in [1.82, 2.24) is 4.90 Å². The third-order valence-electron chi connectivity index (χ3n) is 4.92. The van der Waals surface area contributed by atoms with Crippen LogP contribution >= 0.6 is 0 Å². The summed E-state index contributed by atoms with van der Waals surface area (Å²) in [5, 5.41) is 0. The highest BCUT2D eigenvalue weighted by atomic mass is 16.5. The van der Waals surface area contributed by atoms with Crippen LogP contribution in [0, 0.1) is 6.92 Å². The summed E-state index contributed by atoms with van der Waals surface area (Å²) in [6.07, 6.45) is 1.20. The number of piperidine rings is 1. The maximum Gasteiger partial charge on any atom is 0.130 e. The maximum absolute atomic E-state index is 6.27. The van der Waals surface area contributed by atoms with Gasteiger partial charge in [-0.15, -0.1) is 0 Å². The lowest BCUT2D eigenvalue weighted by molar-refractivity contribution is 0.228. The largest absolute Gasteiger partial charge is 0.457 e. The van der Waals surface area contributed by atoms with Crippen molar-refractivity contribution in [1.29, 1.82) is 0 Å². The molecule has 0 aromatic heterocycles. The summed E-state index contributed by atoms with van der Waals surface area (Å²) in [5.41, 5.74) is 4.08. The molecule has 0 N–H and O–H groups in total. The lowest BCUT2D eigenvalue weighted by Crippen LogP contribution is -2.35. The molecular formula is C19H21NO. The Hall–Kier alpha value is -1.80. The molecule has 0 unspecified atom stereocenters. The minimum absolute atomic E-state index is 0.531. The Balaban J connectivity index is 1.91. The number of hydrogen-bond acceptors (Lipinski definition) is 2. The lowest BCUT2D eigenvalue weighted by atomic mass is 9.76. The molecule has 0 radical (unpaired) electrons. The van der Waals surface area contributed by atoms with Crippen molar-refractivity contribution in [3.63, 3.8) is 0 Å². The van der Waals surface area contributed by atoms with Crippen molar-refractivity contribution in [2.24, 2.45) is 0 Å². The molecule has 21 heavy (non-hydrogen) atoms. The van der Waals surface area contributed by atoms with Gasteiger partial charge in [-0.25, -0.2) is 0 Å². The van der Waals surface area contributed by atoms with Crippen LogP contribution in [-0.4, -0.2) is 25.0 Å². The van der Waals surface area contributed by atoms with Crippen LogP contribution in [0.15, 0.2) is 42.5 Å². The van der Waals surface area contributed by atoms with Crippen molar-refractivity contribution in [2.75, 3.05) is 20.1 Å². The quantitative estimate of drug-likeness (QED) is 0.712. The van der Waals surface area contributed by atoms with Gasteiger partial charge >= 0.3 is 0 Å². The highest BCUT2D eigenvalue weighted by molar-refractivity contribution is 5.50. The van der Waals surface area contributed by atoms with Crippen molar-refractivity contribution in [3.8, 4) is 11.5 Å². The van der Waals surface area contributed by atoms with Gasteiger partial charge in [-0.3, -0.25) is 0 Å². The van der Waals surface area contributed by atoms with Crippen LogP contribution in [0.5, 0.6) is 11.5 Å². The monoisotopic (exact) mass is 279 g/mol. The van der Waals surface area contributed by atoms with E-state index in [1.807, 2.05) is 0 Å². The van der Waals surface area contributed by atoms with Crippen molar-refractivity contribution < 1.29 is 4.74 Å². The molecule has 2 nitrogen and oxygen atoms in total. The molecule has 1 fully saturated rings. The highest BCUT2D eigenvalue weighted by Crippen LogP contribution is 2.49. The van der Waals surface area contributed by atoms with Gasteiger partial charge in [0.25, 0.3) is 0 Å². The fourth-order valence-corrected chi connectivity index (χ4v) is 3.85. The number of ether oxygens (including phenoxy) is 1. The van der Waals surface area contributed by atoms with Gasteiger partial charge in [-0.2, -0.15) is 0 Å². The van der Waals surface area contributed by atoms with Crippen LogP contribution in [0.25, 0.3) is 0 Å². The number of nitrogens with zero attached hydrogens (tertiary/aromatic N) is 1. The van der Waals surface area contributed by atoms with Crippen LogP contribution in [-0.2, 0) is 0 Å². The summed E-state index contributed by atoms with van der Waals surface area (Å²) in [5.74, 6) is 3.18. The number of aryl methyl sites for hydroxylation is 1. The number of likely N-dealkylation sites (tertiary alicyclic amines) is 1. The third kappa shape index (κ3) is 2.14. The molecule has 2 aliphatic heterocycles. The lowest BCUT2D eigenvalue weighted by Gasteiger charge is -2.36. The van der Waals surface area contributed by atoms with Gasteiger partial charge in [0.1, 0.15) is 11.5 Å². The molecular weight excluding hydrogens is 258 g/mol. The normalized spacial score (nSPS) is 24.3. The van der Waals surface area contributed by atoms with Crippen LogP contribution in [0.3, 0.4) is 0 Å². The first-order valence-corrected chi connectivity index (χ1v) is 7.78. The predicted octanol–water partition coefficient (Wildman–Crippen LogP) is 4.30. The van der Waals surface area contributed by atoms with E-state index >= 15 is 0 Å². The summed E-state index contributed by atoms with van der Waals surface area (Å²) >= 11 is 0. The Bertz CT molecular complexity index is 679. The Kier molecular flexibility index (Phi) is 3.00. The zero-order chi connectivity index (χ0) is 14.4. The van der Waals surface area contributed by atoms with Gasteiger partial charge in [0.05, 0.1) is 0 Å². The third-order valence-corrected chi connectivity index (χ3v) is 4.92. The van der Waals surface area contributed by atoms with Crippen LogP contribution in [0.1, 0.15) is 34.9 Å². The fraction of sp³-hybridized carbons (Fsp3) is 0.368. The van der Waals surface area contributed by atoms with E-state index in [1.54, 1.807) is 0 Å². The first-order chi connectivity index (χ1) is 10.2. The van der Waals surface area contributed by atoms with E-state index < -0.39 is 0 Å². The first-order valence-electron chi connectivity index (χ1n) is 7.78. The van der Waals surface area contributed by atoms with Crippen molar-refractivity contribution in [3.05, 3.63) is 59.2 Å². The molecule has 2 atom stereocenters. The topological polar surface area (TPSA) is 12.5 Å². The van der Waals surface area contributed by atoms with Gasteiger partial charge in [-0.1, -0.05) is 35.9 Å². The van der Waals surface area contributed by atoms with Crippen molar-refractivity contribution in [2.45, 2.75) is 25.2 Å². The second kappa shape index (κ2) is 4.88. The average molecular weight is 279 g/mol.